The molecule has 0 aromatic rings. The molecule has 0 aliphatic carbocycles. The van der Waals surface area contributed by atoms with Gasteiger partial charge in [-0.25, -0.2) is 0 Å². The number of ether oxygens (including phenoxy) is 1. The van der Waals surface area contributed by atoms with Crippen LogP contribution in [-0.4, -0.2) is 17.4 Å². The van der Waals surface area contributed by atoms with Gasteiger partial charge in [-0.1, -0.05) is 25.5 Å². The zero-order valence-corrected chi connectivity index (χ0v) is 8.61. The fraction of sp³-hybridized carbons (Fsp3) is 0.545. The molecule has 1 N–H and O–H groups in total. The van der Waals surface area contributed by atoms with Gasteiger partial charge in [0.05, 0.1) is 5.92 Å². The van der Waals surface area contributed by atoms with Crippen LogP contribution in [-0.2, 0) is 9.53 Å². The summed E-state index contributed by atoms with van der Waals surface area (Å²) in [6.07, 6.45) is 4.12. The first-order chi connectivity index (χ1) is 6.65. The van der Waals surface area contributed by atoms with Crippen LogP contribution in [0, 0.1) is 5.92 Å². The van der Waals surface area contributed by atoms with E-state index >= 15 is 0 Å². The number of rotatable bonds is 7. The Bertz CT molecular complexity index is 191. The van der Waals surface area contributed by atoms with Crippen LogP contribution in [0.1, 0.15) is 26.2 Å². The van der Waals surface area contributed by atoms with Gasteiger partial charge in [0.1, 0.15) is 0 Å². The van der Waals surface area contributed by atoms with Gasteiger partial charge in [-0.2, -0.15) is 0 Å². The van der Waals surface area contributed by atoms with Gasteiger partial charge in [0.15, 0.2) is 0 Å². The molecule has 0 heterocycles. The lowest BCUT2D eigenvalue weighted by molar-refractivity contribution is -0.170. The summed E-state index contributed by atoms with van der Waals surface area (Å²) >= 11 is 0. The normalized spacial score (nSPS) is 12.2. The molecule has 0 amide bonds. The van der Waals surface area contributed by atoms with Crippen molar-refractivity contribution in [2.24, 2.45) is 5.92 Å². The lowest BCUT2D eigenvalue weighted by Crippen LogP contribution is -2.21. The van der Waals surface area contributed by atoms with E-state index in [0.29, 0.717) is 6.42 Å². The summed E-state index contributed by atoms with van der Waals surface area (Å²) in [6.45, 7) is 8.94. The Morgan fingerprint density at radius 3 is 2.50 bits per heavy atom. The number of carbonyl (C=O) groups is 1. The molecular formula is C11H18O3. The second-order valence-corrected chi connectivity index (χ2v) is 3.03. The van der Waals surface area contributed by atoms with Gasteiger partial charge in [0.2, 0.25) is 6.29 Å². The minimum Gasteiger partial charge on any atom is -0.435 e. The molecule has 1 unspecified atom stereocenters. The van der Waals surface area contributed by atoms with E-state index in [9.17, 15) is 9.90 Å². The summed E-state index contributed by atoms with van der Waals surface area (Å²) < 4.78 is 4.77. The highest BCUT2D eigenvalue weighted by atomic mass is 16.6. The van der Waals surface area contributed by atoms with Gasteiger partial charge in [-0.15, -0.1) is 13.2 Å². The van der Waals surface area contributed by atoms with Crippen molar-refractivity contribution in [3.63, 3.8) is 0 Å². The Balaban J connectivity index is 3.91. The molecule has 0 spiro atoms. The Kier molecular flexibility index (Phi) is 6.76. The highest BCUT2D eigenvalue weighted by Gasteiger charge is 2.16. The Morgan fingerprint density at radius 1 is 1.50 bits per heavy atom. The number of aliphatic hydroxyl groups is 1. The summed E-state index contributed by atoms with van der Waals surface area (Å²) in [5.74, 6) is -1.04. The average molecular weight is 198 g/mol. The van der Waals surface area contributed by atoms with E-state index in [1.807, 2.05) is 6.92 Å². The smallest absolute Gasteiger partial charge is 0.318 e. The van der Waals surface area contributed by atoms with Crippen LogP contribution >= 0.6 is 0 Å². The Morgan fingerprint density at radius 2 is 2.07 bits per heavy atom. The highest BCUT2D eigenvalue weighted by molar-refractivity contribution is 5.76. The third-order valence-electron chi connectivity index (χ3n) is 1.84. The molecule has 0 aliphatic heterocycles. The molecule has 14 heavy (non-hydrogen) atoms. The van der Waals surface area contributed by atoms with Gasteiger partial charge in [0.25, 0.3) is 0 Å². The maximum absolute atomic E-state index is 11.3. The largest absolute Gasteiger partial charge is 0.435 e. The fourth-order valence-corrected chi connectivity index (χ4v) is 0.939. The third kappa shape index (κ3) is 4.82. The van der Waals surface area contributed by atoms with Crippen LogP contribution < -0.4 is 0 Å². The van der Waals surface area contributed by atoms with Crippen molar-refractivity contribution in [3.05, 3.63) is 25.3 Å². The molecule has 1 atom stereocenters. The first-order valence-corrected chi connectivity index (χ1v) is 4.79. The van der Waals surface area contributed by atoms with Crippen molar-refractivity contribution < 1.29 is 14.6 Å². The monoisotopic (exact) mass is 198 g/mol. The topological polar surface area (TPSA) is 46.5 Å². The van der Waals surface area contributed by atoms with Gasteiger partial charge in [-0.3, -0.25) is 4.79 Å². The van der Waals surface area contributed by atoms with Gasteiger partial charge < -0.3 is 9.84 Å². The molecule has 0 aliphatic rings. The van der Waals surface area contributed by atoms with E-state index in [4.69, 9.17) is 4.74 Å². The number of aliphatic hydroxyl groups excluding tert-OH is 1. The minimum absolute atomic E-state index is 0.475. The number of hydrogen-bond donors (Lipinski definition) is 1. The van der Waals surface area contributed by atoms with Crippen LogP contribution in [0.25, 0.3) is 0 Å². The molecule has 3 nitrogen and oxygen atoms in total. The maximum atomic E-state index is 11.3. The summed E-state index contributed by atoms with van der Waals surface area (Å²) in [6, 6.07) is 0. The zero-order valence-electron chi connectivity index (χ0n) is 8.61. The van der Waals surface area contributed by atoms with Crippen LogP contribution in [0.4, 0.5) is 0 Å². The molecule has 80 valence electrons. The van der Waals surface area contributed by atoms with Crippen molar-refractivity contribution in [1.29, 1.82) is 0 Å². The van der Waals surface area contributed by atoms with Gasteiger partial charge >= 0.3 is 5.97 Å². The van der Waals surface area contributed by atoms with Crippen LogP contribution in [0.15, 0.2) is 25.3 Å². The standard InChI is InChI=1S/C11H18O3/c1-4-7-8-10(12)14-11(13)9(5-2)6-3/h5-6,9-10,12H,2-4,7-8H2,1H3. The molecule has 0 saturated heterocycles. The van der Waals surface area contributed by atoms with Crippen LogP contribution in [0.3, 0.4) is 0 Å². The van der Waals surface area contributed by atoms with E-state index in [1.54, 1.807) is 0 Å². The van der Waals surface area contributed by atoms with E-state index in [2.05, 4.69) is 13.2 Å². The van der Waals surface area contributed by atoms with E-state index in [0.717, 1.165) is 12.8 Å². The van der Waals surface area contributed by atoms with Gasteiger partial charge in [-0.05, 0) is 6.42 Å². The molecule has 0 fully saturated rings. The summed E-state index contributed by atoms with van der Waals surface area (Å²) in [5, 5.41) is 9.28. The molecular weight excluding hydrogens is 180 g/mol. The Labute approximate surface area is 85.1 Å². The lowest BCUT2D eigenvalue weighted by Gasteiger charge is -2.13. The number of carbonyl (C=O) groups excluding carboxylic acids is 1. The minimum atomic E-state index is -1.01. The molecule has 0 aromatic carbocycles. The van der Waals surface area contributed by atoms with Crippen molar-refractivity contribution in [2.75, 3.05) is 0 Å². The van der Waals surface area contributed by atoms with E-state index in [-0.39, 0.29) is 0 Å². The second kappa shape index (κ2) is 7.33. The maximum Gasteiger partial charge on any atom is 0.318 e. The second-order valence-electron chi connectivity index (χ2n) is 3.03. The summed E-state index contributed by atoms with van der Waals surface area (Å²) in [4.78, 5) is 11.3. The van der Waals surface area contributed by atoms with Crippen molar-refractivity contribution >= 4 is 5.97 Å². The highest BCUT2D eigenvalue weighted by Crippen LogP contribution is 2.07. The molecule has 0 aromatic heterocycles. The number of esters is 1. The quantitative estimate of drug-likeness (QED) is 0.387. The molecule has 0 bridgehead atoms. The average Bonchev–Trinajstić information content (AvgIpc) is 2.16. The predicted octanol–water partition coefficient (Wildman–Crippen LogP) is 2.03. The van der Waals surface area contributed by atoms with E-state index in [1.165, 1.54) is 12.2 Å². The molecule has 0 saturated carbocycles. The van der Waals surface area contributed by atoms with Crippen molar-refractivity contribution in [1.82, 2.24) is 0 Å². The summed E-state index contributed by atoms with van der Waals surface area (Å²) in [7, 11) is 0. The first kappa shape index (κ1) is 12.9. The predicted molar refractivity (Wildman–Crippen MR) is 55.5 cm³/mol. The lowest BCUT2D eigenvalue weighted by atomic mass is 10.1. The molecule has 0 rings (SSSR count). The van der Waals surface area contributed by atoms with Crippen molar-refractivity contribution in [2.45, 2.75) is 32.5 Å². The third-order valence-corrected chi connectivity index (χ3v) is 1.84. The molecule has 3 heteroatoms. The Hall–Kier alpha value is -1.09. The number of hydrogen-bond acceptors (Lipinski definition) is 3. The first-order valence-electron chi connectivity index (χ1n) is 4.79. The zero-order chi connectivity index (χ0) is 11.0. The summed E-state index contributed by atoms with van der Waals surface area (Å²) in [5.41, 5.74) is 0. The van der Waals surface area contributed by atoms with Gasteiger partial charge in [0, 0.05) is 6.42 Å². The SMILES string of the molecule is C=CC(C=C)C(=O)OC(O)CCCC. The van der Waals surface area contributed by atoms with Crippen LogP contribution in [0.5, 0.6) is 0 Å². The fourth-order valence-electron chi connectivity index (χ4n) is 0.939. The van der Waals surface area contributed by atoms with E-state index < -0.39 is 18.2 Å². The van der Waals surface area contributed by atoms with Crippen molar-refractivity contribution in [3.8, 4) is 0 Å². The molecule has 0 radical (unpaired) electrons. The van der Waals surface area contributed by atoms with Crippen LogP contribution in [0.2, 0.25) is 0 Å². The number of unbranched alkanes of at least 4 members (excludes halogenated alkanes) is 1.